The molecule has 0 spiro atoms. The van der Waals surface area contributed by atoms with E-state index in [1.54, 1.807) is 12.1 Å². The molecule has 0 radical (unpaired) electrons. The van der Waals surface area contributed by atoms with Crippen molar-refractivity contribution in [2.75, 3.05) is 6.61 Å². The number of hydrogen-bond donors (Lipinski definition) is 2. The van der Waals surface area contributed by atoms with Gasteiger partial charge in [-0.3, -0.25) is 4.79 Å². The number of rotatable bonds is 6. The fourth-order valence-electron chi connectivity index (χ4n) is 2.27. The zero-order chi connectivity index (χ0) is 14.4. The van der Waals surface area contributed by atoms with Crippen molar-refractivity contribution in [2.24, 2.45) is 0 Å². The molecule has 0 bridgehead atoms. The standard InChI is InChI=1S/C15H19NO4/c17-14(10-20-13-3-1-2-4-13)16-9-11-5-7-12(8-6-11)15(18)19/h5-8,13H,1-4,9-10H2,(H,16,17)(H,18,19). The van der Waals surface area contributed by atoms with Crippen molar-refractivity contribution in [3.8, 4) is 0 Å². The van der Waals surface area contributed by atoms with Crippen LogP contribution in [0.1, 0.15) is 41.6 Å². The highest BCUT2D eigenvalue weighted by Crippen LogP contribution is 2.20. The maximum atomic E-state index is 11.6. The molecule has 1 amide bonds. The Balaban J connectivity index is 1.70. The van der Waals surface area contributed by atoms with E-state index in [0.717, 1.165) is 18.4 Å². The van der Waals surface area contributed by atoms with Crippen molar-refractivity contribution in [1.82, 2.24) is 5.32 Å². The van der Waals surface area contributed by atoms with Gasteiger partial charge >= 0.3 is 5.97 Å². The molecule has 0 heterocycles. The fraction of sp³-hybridized carbons (Fsp3) is 0.467. The third-order valence-corrected chi connectivity index (χ3v) is 3.44. The summed E-state index contributed by atoms with van der Waals surface area (Å²) in [6, 6.07) is 6.45. The van der Waals surface area contributed by atoms with Crippen molar-refractivity contribution in [1.29, 1.82) is 0 Å². The van der Waals surface area contributed by atoms with Crippen molar-refractivity contribution in [3.05, 3.63) is 35.4 Å². The number of ether oxygens (including phenoxy) is 1. The first-order valence-electron chi connectivity index (χ1n) is 6.85. The highest BCUT2D eigenvalue weighted by molar-refractivity contribution is 5.87. The molecule has 1 aliphatic carbocycles. The summed E-state index contributed by atoms with van der Waals surface area (Å²) in [6.07, 6.45) is 4.69. The van der Waals surface area contributed by atoms with Gasteiger partial charge in [0, 0.05) is 6.54 Å². The van der Waals surface area contributed by atoms with Crippen LogP contribution >= 0.6 is 0 Å². The Labute approximate surface area is 117 Å². The Morgan fingerprint density at radius 3 is 2.45 bits per heavy atom. The molecule has 108 valence electrons. The van der Waals surface area contributed by atoms with Crippen LogP contribution in [0.15, 0.2) is 24.3 Å². The second kappa shape index (κ2) is 7.05. The zero-order valence-corrected chi connectivity index (χ0v) is 11.3. The normalized spacial score (nSPS) is 15.2. The molecule has 1 fully saturated rings. The topological polar surface area (TPSA) is 75.6 Å². The maximum absolute atomic E-state index is 11.6. The molecule has 5 heteroatoms. The van der Waals surface area contributed by atoms with Crippen LogP contribution in [0.25, 0.3) is 0 Å². The number of benzene rings is 1. The Bertz CT molecular complexity index is 463. The van der Waals surface area contributed by atoms with Gasteiger partial charge in [0.15, 0.2) is 0 Å². The highest BCUT2D eigenvalue weighted by atomic mass is 16.5. The minimum atomic E-state index is -0.953. The van der Waals surface area contributed by atoms with E-state index in [-0.39, 0.29) is 24.2 Å². The number of hydrogen-bond acceptors (Lipinski definition) is 3. The lowest BCUT2D eigenvalue weighted by Gasteiger charge is -2.11. The van der Waals surface area contributed by atoms with E-state index in [1.807, 2.05) is 0 Å². The predicted molar refractivity (Wildman–Crippen MR) is 73.5 cm³/mol. The first-order valence-corrected chi connectivity index (χ1v) is 6.85. The van der Waals surface area contributed by atoms with Gasteiger partial charge in [0.05, 0.1) is 11.7 Å². The molecule has 0 unspecified atom stereocenters. The second-order valence-electron chi connectivity index (χ2n) is 5.00. The van der Waals surface area contributed by atoms with Crippen LogP contribution in [0.3, 0.4) is 0 Å². The van der Waals surface area contributed by atoms with Crippen molar-refractivity contribution in [3.63, 3.8) is 0 Å². The van der Waals surface area contributed by atoms with Crippen LogP contribution in [0.5, 0.6) is 0 Å². The van der Waals surface area contributed by atoms with Crippen molar-refractivity contribution in [2.45, 2.75) is 38.3 Å². The minimum Gasteiger partial charge on any atom is -0.478 e. The zero-order valence-electron chi connectivity index (χ0n) is 11.3. The number of aromatic carboxylic acids is 1. The van der Waals surface area contributed by atoms with Gasteiger partial charge < -0.3 is 15.2 Å². The van der Waals surface area contributed by atoms with Gasteiger partial charge in [0.25, 0.3) is 0 Å². The lowest BCUT2D eigenvalue weighted by atomic mass is 10.1. The predicted octanol–water partition coefficient (Wildman–Crippen LogP) is 1.96. The smallest absolute Gasteiger partial charge is 0.335 e. The first kappa shape index (κ1) is 14.5. The van der Waals surface area contributed by atoms with Gasteiger partial charge in [-0.2, -0.15) is 0 Å². The fourth-order valence-corrected chi connectivity index (χ4v) is 2.27. The van der Waals surface area contributed by atoms with Gasteiger partial charge in [0.1, 0.15) is 6.61 Å². The highest BCUT2D eigenvalue weighted by Gasteiger charge is 2.16. The molecular weight excluding hydrogens is 258 g/mol. The van der Waals surface area contributed by atoms with Gasteiger partial charge in [-0.15, -0.1) is 0 Å². The maximum Gasteiger partial charge on any atom is 0.335 e. The molecule has 5 nitrogen and oxygen atoms in total. The van der Waals surface area contributed by atoms with Gasteiger partial charge in [0.2, 0.25) is 5.91 Å². The van der Waals surface area contributed by atoms with Crippen LogP contribution in [-0.2, 0) is 16.1 Å². The third-order valence-electron chi connectivity index (χ3n) is 3.44. The van der Waals surface area contributed by atoms with E-state index in [9.17, 15) is 9.59 Å². The SMILES string of the molecule is O=C(COC1CCCC1)NCc1ccc(C(=O)O)cc1. The van der Waals surface area contributed by atoms with E-state index in [4.69, 9.17) is 9.84 Å². The van der Waals surface area contributed by atoms with E-state index in [2.05, 4.69) is 5.32 Å². The number of amides is 1. The quantitative estimate of drug-likeness (QED) is 0.833. The number of carbonyl (C=O) groups excluding carboxylic acids is 1. The molecule has 1 aromatic rings. The van der Waals surface area contributed by atoms with Crippen molar-refractivity contribution < 1.29 is 19.4 Å². The van der Waals surface area contributed by atoms with Gasteiger partial charge in [-0.25, -0.2) is 4.79 Å². The number of carboxylic acid groups (broad SMARTS) is 1. The van der Waals surface area contributed by atoms with E-state index in [0.29, 0.717) is 6.54 Å². The Hall–Kier alpha value is -1.88. The number of carboxylic acids is 1. The summed E-state index contributed by atoms with van der Waals surface area (Å²) in [6.45, 7) is 0.477. The van der Waals surface area contributed by atoms with E-state index in [1.165, 1.54) is 25.0 Å². The van der Waals surface area contributed by atoms with Crippen LogP contribution in [0.4, 0.5) is 0 Å². The molecule has 0 saturated heterocycles. The molecular formula is C15H19NO4. The second-order valence-corrected chi connectivity index (χ2v) is 5.00. The first-order chi connectivity index (χ1) is 9.65. The molecule has 2 rings (SSSR count). The Morgan fingerprint density at radius 2 is 1.85 bits per heavy atom. The Kier molecular flexibility index (Phi) is 5.12. The van der Waals surface area contributed by atoms with Crippen molar-refractivity contribution >= 4 is 11.9 Å². The molecule has 20 heavy (non-hydrogen) atoms. The summed E-state index contributed by atoms with van der Waals surface area (Å²) < 4.78 is 5.51. The summed E-state index contributed by atoms with van der Waals surface area (Å²) in [5.41, 5.74) is 1.11. The van der Waals surface area contributed by atoms with Crippen LogP contribution < -0.4 is 5.32 Å². The van der Waals surface area contributed by atoms with Gasteiger partial charge in [-0.1, -0.05) is 25.0 Å². The summed E-state index contributed by atoms with van der Waals surface area (Å²) >= 11 is 0. The van der Waals surface area contributed by atoms with Crippen LogP contribution in [0, 0.1) is 0 Å². The molecule has 0 aliphatic heterocycles. The van der Waals surface area contributed by atoms with E-state index < -0.39 is 5.97 Å². The minimum absolute atomic E-state index is 0.0951. The Morgan fingerprint density at radius 1 is 1.20 bits per heavy atom. The number of nitrogens with one attached hydrogen (secondary N) is 1. The average Bonchev–Trinajstić information content (AvgIpc) is 2.96. The van der Waals surface area contributed by atoms with Gasteiger partial charge in [-0.05, 0) is 30.5 Å². The van der Waals surface area contributed by atoms with E-state index >= 15 is 0 Å². The lowest BCUT2D eigenvalue weighted by Crippen LogP contribution is -2.28. The monoisotopic (exact) mass is 277 g/mol. The average molecular weight is 277 g/mol. The third kappa shape index (κ3) is 4.35. The summed E-state index contributed by atoms with van der Waals surface area (Å²) in [5.74, 6) is -1.09. The molecule has 1 aliphatic rings. The summed E-state index contributed by atoms with van der Waals surface area (Å²) in [5, 5.41) is 11.5. The van der Waals surface area contributed by atoms with Crippen LogP contribution in [-0.4, -0.2) is 29.7 Å². The largest absolute Gasteiger partial charge is 0.478 e. The van der Waals surface area contributed by atoms with Crippen LogP contribution in [0.2, 0.25) is 0 Å². The molecule has 0 aromatic heterocycles. The molecule has 1 aromatic carbocycles. The summed E-state index contributed by atoms with van der Waals surface area (Å²) in [4.78, 5) is 22.3. The molecule has 2 N–H and O–H groups in total. The lowest BCUT2D eigenvalue weighted by molar-refractivity contribution is -0.127. The molecule has 1 saturated carbocycles. The molecule has 0 atom stereocenters. The summed E-state index contributed by atoms with van der Waals surface area (Å²) in [7, 11) is 0. The number of carbonyl (C=O) groups is 2.